The van der Waals surface area contributed by atoms with Gasteiger partial charge in [0, 0.05) is 13.0 Å². The third kappa shape index (κ3) is 5.64. The van der Waals surface area contributed by atoms with Gasteiger partial charge in [-0.1, -0.05) is 36.4 Å². The van der Waals surface area contributed by atoms with Gasteiger partial charge in [0.1, 0.15) is 0 Å². The summed E-state index contributed by atoms with van der Waals surface area (Å²) in [6.07, 6.45) is 1.40. The van der Waals surface area contributed by atoms with Gasteiger partial charge in [0.05, 0.1) is 14.2 Å². The van der Waals surface area contributed by atoms with Crippen molar-refractivity contribution in [3.05, 3.63) is 59.7 Å². The van der Waals surface area contributed by atoms with Crippen LogP contribution in [0.3, 0.4) is 0 Å². The Labute approximate surface area is 148 Å². The molecule has 5 heteroatoms. The summed E-state index contributed by atoms with van der Waals surface area (Å²) < 4.78 is 10.4. The molecule has 1 N–H and O–H groups in total. The summed E-state index contributed by atoms with van der Waals surface area (Å²) >= 11 is 0. The molecule has 0 heterocycles. The number of ketones is 1. The zero-order chi connectivity index (χ0) is 18.1. The van der Waals surface area contributed by atoms with Crippen molar-refractivity contribution in [2.24, 2.45) is 0 Å². The van der Waals surface area contributed by atoms with Crippen LogP contribution in [0.2, 0.25) is 0 Å². The maximum Gasteiger partial charge on any atom is 0.287 e. The van der Waals surface area contributed by atoms with Crippen LogP contribution in [0.25, 0.3) is 0 Å². The number of rotatable bonds is 9. The van der Waals surface area contributed by atoms with Crippen molar-refractivity contribution in [3.8, 4) is 11.5 Å². The zero-order valence-electron chi connectivity index (χ0n) is 14.6. The Kier molecular flexibility index (Phi) is 7.01. The Balaban J connectivity index is 1.77. The molecule has 0 aromatic heterocycles. The van der Waals surface area contributed by atoms with Gasteiger partial charge in [0.25, 0.3) is 5.91 Å². The molecule has 2 aromatic rings. The normalized spacial score (nSPS) is 10.2. The highest BCUT2D eigenvalue weighted by Crippen LogP contribution is 2.27. The molecule has 0 bridgehead atoms. The molecule has 2 rings (SSSR count). The summed E-state index contributed by atoms with van der Waals surface area (Å²) in [5.41, 5.74) is 2.05. The highest BCUT2D eigenvalue weighted by molar-refractivity contribution is 6.36. The minimum atomic E-state index is -0.531. The predicted octanol–water partition coefficient (Wildman–Crippen LogP) is 2.56. The fourth-order valence-electron chi connectivity index (χ4n) is 2.47. The van der Waals surface area contributed by atoms with Crippen molar-refractivity contribution in [1.29, 1.82) is 0 Å². The second-order valence-electron chi connectivity index (χ2n) is 5.60. The van der Waals surface area contributed by atoms with Gasteiger partial charge in [-0.2, -0.15) is 0 Å². The number of carbonyl (C=O) groups is 2. The van der Waals surface area contributed by atoms with Gasteiger partial charge in [0.2, 0.25) is 5.78 Å². The molecule has 25 heavy (non-hydrogen) atoms. The number of amides is 1. The monoisotopic (exact) mass is 341 g/mol. The lowest BCUT2D eigenvalue weighted by Gasteiger charge is -2.10. The Morgan fingerprint density at radius 1 is 0.880 bits per heavy atom. The third-order valence-corrected chi connectivity index (χ3v) is 3.88. The SMILES string of the molecule is COc1ccc(CCNC(=O)C(=O)CCc2ccccc2)cc1OC. The first-order valence-corrected chi connectivity index (χ1v) is 8.20. The molecule has 0 aliphatic rings. The lowest BCUT2D eigenvalue weighted by molar-refractivity contribution is -0.137. The van der Waals surface area contributed by atoms with E-state index in [2.05, 4.69) is 5.32 Å². The Bertz CT molecular complexity index is 713. The van der Waals surface area contributed by atoms with E-state index in [9.17, 15) is 9.59 Å². The first-order valence-electron chi connectivity index (χ1n) is 8.20. The highest BCUT2D eigenvalue weighted by atomic mass is 16.5. The van der Waals surface area contributed by atoms with Crippen molar-refractivity contribution in [2.75, 3.05) is 20.8 Å². The number of Topliss-reactive ketones (excluding diaryl/α,β-unsaturated/α-hetero) is 1. The van der Waals surface area contributed by atoms with Gasteiger partial charge in [-0.25, -0.2) is 0 Å². The molecule has 0 aliphatic carbocycles. The number of hydrogen-bond acceptors (Lipinski definition) is 4. The maximum absolute atomic E-state index is 11.9. The standard InChI is InChI=1S/C20H23NO4/c1-24-18-11-9-16(14-19(18)25-2)12-13-21-20(23)17(22)10-8-15-6-4-3-5-7-15/h3-7,9,11,14H,8,10,12-13H2,1-2H3,(H,21,23). The highest BCUT2D eigenvalue weighted by Gasteiger charge is 2.13. The van der Waals surface area contributed by atoms with E-state index in [0.29, 0.717) is 30.9 Å². The summed E-state index contributed by atoms with van der Waals surface area (Å²) in [6.45, 7) is 0.394. The quantitative estimate of drug-likeness (QED) is 0.712. The van der Waals surface area contributed by atoms with Gasteiger partial charge < -0.3 is 14.8 Å². The number of nitrogens with one attached hydrogen (secondary N) is 1. The van der Waals surface area contributed by atoms with E-state index in [4.69, 9.17) is 9.47 Å². The van der Waals surface area contributed by atoms with Crippen LogP contribution in [-0.2, 0) is 22.4 Å². The van der Waals surface area contributed by atoms with Crippen molar-refractivity contribution in [2.45, 2.75) is 19.3 Å². The lowest BCUT2D eigenvalue weighted by atomic mass is 10.1. The molecule has 2 aromatic carbocycles. The predicted molar refractivity (Wildman–Crippen MR) is 96.0 cm³/mol. The number of methoxy groups -OCH3 is 2. The largest absolute Gasteiger partial charge is 0.493 e. The van der Waals surface area contributed by atoms with Gasteiger partial charge in [0.15, 0.2) is 11.5 Å². The number of carbonyl (C=O) groups excluding carboxylic acids is 2. The van der Waals surface area contributed by atoms with Gasteiger partial charge in [-0.15, -0.1) is 0 Å². The molecular weight excluding hydrogens is 318 g/mol. The van der Waals surface area contributed by atoms with Gasteiger partial charge in [-0.3, -0.25) is 9.59 Å². The molecule has 1 amide bonds. The van der Waals surface area contributed by atoms with Crippen molar-refractivity contribution in [3.63, 3.8) is 0 Å². The molecule has 5 nitrogen and oxygen atoms in total. The van der Waals surface area contributed by atoms with E-state index in [1.54, 1.807) is 14.2 Å². The second kappa shape index (κ2) is 9.47. The molecule has 0 radical (unpaired) electrons. The van der Waals surface area contributed by atoms with Crippen LogP contribution in [0, 0.1) is 0 Å². The van der Waals surface area contributed by atoms with Crippen LogP contribution in [0.1, 0.15) is 17.5 Å². The molecule has 0 spiro atoms. The van der Waals surface area contributed by atoms with Crippen LogP contribution in [0.4, 0.5) is 0 Å². The second-order valence-corrected chi connectivity index (χ2v) is 5.60. The van der Waals surface area contributed by atoms with Crippen LogP contribution in [-0.4, -0.2) is 32.5 Å². The Morgan fingerprint density at radius 3 is 2.28 bits per heavy atom. The van der Waals surface area contributed by atoms with Crippen molar-refractivity contribution in [1.82, 2.24) is 5.32 Å². The van der Waals surface area contributed by atoms with E-state index < -0.39 is 11.7 Å². The molecule has 0 atom stereocenters. The van der Waals surface area contributed by atoms with E-state index in [1.807, 2.05) is 48.5 Å². The van der Waals surface area contributed by atoms with E-state index in [0.717, 1.165) is 11.1 Å². The van der Waals surface area contributed by atoms with Crippen LogP contribution in [0.5, 0.6) is 11.5 Å². The Hall–Kier alpha value is -2.82. The first kappa shape index (κ1) is 18.5. The van der Waals surface area contributed by atoms with Gasteiger partial charge in [-0.05, 0) is 36.1 Å². The topological polar surface area (TPSA) is 64.6 Å². The van der Waals surface area contributed by atoms with E-state index in [1.165, 1.54) is 0 Å². The number of benzene rings is 2. The van der Waals surface area contributed by atoms with E-state index in [-0.39, 0.29) is 6.42 Å². The zero-order valence-corrected chi connectivity index (χ0v) is 14.6. The van der Waals surface area contributed by atoms with E-state index >= 15 is 0 Å². The van der Waals surface area contributed by atoms with Crippen LogP contribution in [0.15, 0.2) is 48.5 Å². The summed E-state index contributed by atoms with van der Waals surface area (Å²) in [5, 5.41) is 2.67. The summed E-state index contributed by atoms with van der Waals surface area (Å²) in [7, 11) is 3.16. The number of hydrogen-bond donors (Lipinski definition) is 1. The number of aryl methyl sites for hydroxylation is 1. The fraction of sp³-hybridized carbons (Fsp3) is 0.300. The average molecular weight is 341 g/mol. The first-order chi connectivity index (χ1) is 12.1. The average Bonchev–Trinajstić information content (AvgIpc) is 2.66. The lowest BCUT2D eigenvalue weighted by Crippen LogP contribution is -2.32. The minimum absolute atomic E-state index is 0.214. The molecule has 0 unspecified atom stereocenters. The molecular formula is C20H23NO4. The number of ether oxygens (including phenoxy) is 2. The maximum atomic E-state index is 11.9. The molecule has 0 saturated heterocycles. The summed E-state index contributed by atoms with van der Waals surface area (Å²) in [4.78, 5) is 23.8. The minimum Gasteiger partial charge on any atom is -0.493 e. The molecule has 132 valence electrons. The van der Waals surface area contributed by atoms with Crippen LogP contribution >= 0.6 is 0 Å². The summed E-state index contributed by atoms with van der Waals surface area (Å²) in [6, 6.07) is 15.2. The summed E-state index contributed by atoms with van der Waals surface area (Å²) in [5.74, 6) is 0.379. The molecule has 0 aliphatic heterocycles. The molecule has 0 fully saturated rings. The Morgan fingerprint density at radius 2 is 1.60 bits per heavy atom. The smallest absolute Gasteiger partial charge is 0.287 e. The van der Waals surface area contributed by atoms with Crippen molar-refractivity contribution < 1.29 is 19.1 Å². The van der Waals surface area contributed by atoms with Gasteiger partial charge >= 0.3 is 0 Å². The van der Waals surface area contributed by atoms with Crippen molar-refractivity contribution >= 4 is 11.7 Å². The van der Waals surface area contributed by atoms with Crippen LogP contribution < -0.4 is 14.8 Å². The molecule has 0 saturated carbocycles. The third-order valence-electron chi connectivity index (χ3n) is 3.88. The fourth-order valence-corrected chi connectivity index (χ4v) is 2.47.